The Hall–Kier alpha value is -4.71. The molecular formula is C30H37N5O7. The van der Waals surface area contributed by atoms with Gasteiger partial charge < -0.3 is 35.1 Å². The largest absolute Gasteiger partial charge is 0.479 e. The van der Waals surface area contributed by atoms with Gasteiger partial charge in [0, 0.05) is 6.20 Å². The number of rotatable bonds is 12. The van der Waals surface area contributed by atoms with Crippen LogP contribution < -0.4 is 16.0 Å². The van der Waals surface area contributed by atoms with Crippen LogP contribution in [-0.2, 0) is 30.5 Å². The van der Waals surface area contributed by atoms with E-state index in [4.69, 9.17) is 9.47 Å². The van der Waals surface area contributed by atoms with Crippen molar-refractivity contribution < 1.29 is 33.8 Å². The van der Waals surface area contributed by atoms with Gasteiger partial charge in [0.05, 0.1) is 19.5 Å². The van der Waals surface area contributed by atoms with Crippen molar-refractivity contribution in [2.75, 3.05) is 11.9 Å². The summed E-state index contributed by atoms with van der Waals surface area (Å²) in [6.45, 7) is 8.04. The van der Waals surface area contributed by atoms with Crippen molar-refractivity contribution >= 4 is 29.7 Å². The molecule has 0 bridgehead atoms. The molecule has 0 aliphatic carbocycles. The van der Waals surface area contributed by atoms with Crippen LogP contribution in [0.1, 0.15) is 51.8 Å². The summed E-state index contributed by atoms with van der Waals surface area (Å²) in [7, 11) is 0. The fourth-order valence-corrected chi connectivity index (χ4v) is 3.84. The molecule has 42 heavy (non-hydrogen) atoms. The first-order valence-corrected chi connectivity index (χ1v) is 13.3. The average molecular weight is 580 g/mol. The van der Waals surface area contributed by atoms with E-state index >= 15 is 0 Å². The summed E-state index contributed by atoms with van der Waals surface area (Å²) in [4.78, 5) is 55.0. The number of hydrogen-bond acceptors (Lipinski definition) is 7. The van der Waals surface area contributed by atoms with Crippen LogP contribution in [0.25, 0.3) is 0 Å². The molecule has 4 N–H and O–H groups in total. The number of alkyl carbamates (subject to hydrolysis) is 1. The molecule has 0 aliphatic rings. The van der Waals surface area contributed by atoms with Gasteiger partial charge in [-0.2, -0.15) is 0 Å². The normalized spacial score (nSPS) is 13.0. The number of hydrogen-bond donors (Lipinski definition) is 4. The highest BCUT2D eigenvalue weighted by molar-refractivity contribution is 5.98. The van der Waals surface area contributed by atoms with Crippen LogP contribution in [0.2, 0.25) is 0 Å². The zero-order chi connectivity index (χ0) is 30.9. The van der Waals surface area contributed by atoms with E-state index in [9.17, 15) is 24.3 Å². The van der Waals surface area contributed by atoms with Gasteiger partial charge in [-0.15, -0.1) is 0 Å². The summed E-state index contributed by atoms with van der Waals surface area (Å²) in [5, 5.41) is 17.6. The molecule has 224 valence electrons. The number of benzene rings is 2. The van der Waals surface area contributed by atoms with Crippen molar-refractivity contribution in [1.82, 2.24) is 20.2 Å². The highest BCUT2D eigenvalue weighted by atomic mass is 16.6. The number of amides is 3. The number of imidazole rings is 1. The zero-order valence-corrected chi connectivity index (χ0v) is 24.3. The first-order valence-electron chi connectivity index (χ1n) is 13.3. The highest BCUT2D eigenvalue weighted by Gasteiger charge is 2.35. The molecule has 2 atom stereocenters. The third-order valence-electron chi connectivity index (χ3n) is 5.90. The van der Waals surface area contributed by atoms with Gasteiger partial charge in [-0.05, 0) is 45.7 Å². The van der Waals surface area contributed by atoms with Crippen molar-refractivity contribution in [2.45, 2.75) is 64.4 Å². The van der Waals surface area contributed by atoms with Crippen molar-refractivity contribution in [1.29, 1.82) is 0 Å². The summed E-state index contributed by atoms with van der Waals surface area (Å²) < 4.78 is 12.4. The predicted molar refractivity (Wildman–Crippen MR) is 155 cm³/mol. The van der Waals surface area contributed by atoms with E-state index in [0.29, 0.717) is 5.56 Å². The maximum atomic E-state index is 13.3. The number of carboxylic acids is 1. The molecule has 3 aromatic rings. The van der Waals surface area contributed by atoms with E-state index in [1.165, 1.54) is 30.9 Å². The Morgan fingerprint density at radius 2 is 1.57 bits per heavy atom. The number of nitrogens with zero attached hydrogens (tertiary/aromatic N) is 2. The summed E-state index contributed by atoms with van der Waals surface area (Å²) in [6, 6.07) is 15.6. The Balaban J connectivity index is 1.74. The van der Waals surface area contributed by atoms with Crippen LogP contribution in [0, 0.1) is 0 Å². The lowest BCUT2D eigenvalue weighted by Gasteiger charge is -2.29. The molecule has 1 heterocycles. The summed E-state index contributed by atoms with van der Waals surface area (Å²) in [6.07, 6.45) is 1.90. The molecule has 2 aromatic carbocycles. The molecule has 12 heteroatoms. The SMILES string of the molecule is CC(C)(C)OC(=O)NC(C)(C)C(=O)NC(COCc1ccccc1)C(=O)Nc1cn(C(C(=O)O)c2ccccc2)cn1. The van der Waals surface area contributed by atoms with Gasteiger partial charge in [0.15, 0.2) is 11.9 Å². The van der Waals surface area contributed by atoms with E-state index in [1.807, 2.05) is 30.3 Å². The minimum Gasteiger partial charge on any atom is -0.479 e. The minimum absolute atomic E-state index is 0.0793. The van der Waals surface area contributed by atoms with Crippen LogP contribution >= 0.6 is 0 Å². The number of carbonyl (C=O) groups is 4. The van der Waals surface area contributed by atoms with Gasteiger partial charge in [-0.25, -0.2) is 14.6 Å². The number of ether oxygens (including phenoxy) is 2. The topological polar surface area (TPSA) is 161 Å². The monoisotopic (exact) mass is 579 g/mol. The van der Waals surface area contributed by atoms with Crippen LogP contribution in [-0.4, -0.2) is 62.3 Å². The first-order chi connectivity index (χ1) is 19.7. The van der Waals surface area contributed by atoms with Crippen LogP contribution in [0.3, 0.4) is 0 Å². The van der Waals surface area contributed by atoms with Gasteiger partial charge >= 0.3 is 12.1 Å². The van der Waals surface area contributed by atoms with Crippen LogP contribution in [0.5, 0.6) is 0 Å². The second-order valence-corrected chi connectivity index (χ2v) is 11.1. The Labute approximate surface area is 244 Å². The molecule has 0 radical (unpaired) electrons. The van der Waals surface area contributed by atoms with Gasteiger partial charge in [-0.3, -0.25) is 9.59 Å². The van der Waals surface area contributed by atoms with Crippen molar-refractivity contribution in [2.24, 2.45) is 0 Å². The molecule has 0 spiro atoms. The Kier molecular flexibility index (Phi) is 10.4. The number of aromatic nitrogens is 2. The third kappa shape index (κ3) is 9.44. The first kappa shape index (κ1) is 31.8. The van der Waals surface area contributed by atoms with E-state index in [-0.39, 0.29) is 19.0 Å². The summed E-state index contributed by atoms with van der Waals surface area (Å²) in [5.41, 5.74) is -0.811. The molecule has 0 aliphatic heterocycles. The number of nitrogens with one attached hydrogen (secondary N) is 3. The quantitative estimate of drug-likeness (QED) is 0.254. The molecule has 0 saturated heterocycles. The standard InChI is InChI=1S/C30H37N5O7/c1-29(2,3)42-28(40)34-30(4,5)27(39)32-22(18-41-17-20-12-8-6-9-13-20)25(36)33-23-16-35(19-31-23)24(26(37)38)21-14-10-7-11-15-21/h6-16,19,22,24H,17-18H2,1-5H3,(H,32,39)(H,33,36)(H,34,40)(H,37,38). The molecular weight excluding hydrogens is 542 g/mol. The molecule has 3 rings (SSSR count). The third-order valence-corrected chi connectivity index (χ3v) is 5.90. The maximum absolute atomic E-state index is 13.3. The number of anilines is 1. The van der Waals surface area contributed by atoms with Crippen molar-refractivity contribution in [3.05, 3.63) is 84.3 Å². The highest BCUT2D eigenvalue weighted by Crippen LogP contribution is 2.20. The van der Waals surface area contributed by atoms with Crippen molar-refractivity contribution in [3.8, 4) is 0 Å². The summed E-state index contributed by atoms with van der Waals surface area (Å²) >= 11 is 0. The number of aliphatic carboxylic acids is 1. The minimum atomic E-state index is -1.44. The molecule has 2 unspecified atom stereocenters. The van der Waals surface area contributed by atoms with E-state index < -0.39 is 47.1 Å². The molecule has 0 saturated carbocycles. The number of carboxylic acid groups (broad SMARTS) is 1. The zero-order valence-electron chi connectivity index (χ0n) is 24.3. The molecule has 3 amide bonds. The van der Waals surface area contributed by atoms with Crippen molar-refractivity contribution in [3.63, 3.8) is 0 Å². The van der Waals surface area contributed by atoms with E-state index in [0.717, 1.165) is 5.56 Å². The van der Waals surface area contributed by atoms with E-state index in [1.54, 1.807) is 51.1 Å². The van der Waals surface area contributed by atoms with Gasteiger partial charge in [0.1, 0.15) is 17.2 Å². The van der Waals surface area contributed by atoms with Gasteiger partial charge in [0.2, 0.25) is 5.91 Å². The fraction of sp³-hybridized carbons (Fsp3) is 0.367. The fourth-order valence-electron chi connectivity index (χ4n) is 3.84. The Bertz CT molecular complexity index is 1370. The second-order valence-electron chi connectivity index (χ2n) is 11.1. The average Bonchev–Trinajstić information content (AvgIpc) is 3.35. The lowest BCUT2D eigenvalue weighted by atomic mass is 10.0. The van der Waals surface area contributed by atoms with E-state index in [2.05, 4.69) is 20.9 Å². The Morgan fingerprint density at radius 3 is 2.17 bits per heavy atom. The summed E-state index contributed by atoms with van der Waals surface area (Å²) in [5.74, 6) is -2.33. The van der Waals surface area contributed by atoms with Gasteiger partial charge in [-0.1, -0.05) is 60.7 Å². The van der Waals surface area contributed by atoms with Crippen LogP contribution in [0.15, 0.2) is 73.2 Å². The lowest BCUT2D eigenvalue weighted by Crippen LogP contribution is -2.59. The molecule has 1 aromatic heterocycles. The Morgan fingerprint density at radius 1 is 0.952 bits per heavy atom. The smallest absolute Gasteiger partial charge is 0.408 e. The molecule has 12 nitrogen and oxygen atoms in total. The predicted octanol–water partition coefficient (Wildman–Crippen LogP) is 3.50. The van der Waals surface area contributed by atoms with Gasteiger partial charge in [0.25, 0.3) is 5.91 Å². The maximum Gasteiger partial charge on any atom is 0.408 e. The second kappa shape index (κ2) is 13.8. The lowest BCUT2D eigenvalue weighted by molar-refractivity contribution is -0.139. The number of carbonyl (C=O) groups excluding carboxylic acids is 3. The van der Waals surface area contributed by atoms with Crippen LogP contribution in [0.4, 0.5) is 10.6 Å². The molecule has 0 fully saturated rings.